The predicted octanol–water partition coefficient (Wildman–Crippen LogP) is 2.79. The number of aryl methyl sites for hydroxylation is 1. The fourth-order valence-electron chi connectivity index (χ4n) is 1.61. The van der Waals surface area contributed by atoms with Crippen molar-refractivity contribution in [3.8, 4) is 11.1 Å². The number of hydrogen-bond donors (Lipinski definition) is 1. The molecule has 2 N–H and O–H groups in total. The Bertz CT molecular complexity index is 553. The second-order valence-corrected chi connectivity index (χ2v) is 3.87. The van der Waals surface area contributed by atoms with E-state index >= 15 is 0 Å². The SMILES string of the molecule is Cc1cc(F)c(-c2cncc(CN)c2)cc1F. The van der Waals surface area contributed by atoms with Crippen LogP contribution in [0.2, 0.25) is 0 Å². The van der Waals surface area contributed by atoms with Gasteiger partial charge in [0.25, 0.3) is 0 Å². The molecule has 2 rings (SSSR count). The van der Waals surface area contributed by atoms with Crippen LogP contribution in [-0.4, -0.2) is 4.98 Å². The Balaban J connectivity index is 2.56. The third-order valence-corrected chi connectivity index (χ3v) is 2.59. The monoisotopic (exact) mass is 234 g/mol. The molecule has 0 spiro atoms. The zero-order valence-electron chi connectivity index (χ0n) is 9.37. The highest BCUT2D eigenvalue weighted by Crippen LogP contribution is 2.25. The molecule has 2 nitrogen and oxygen atoms in total. The summed E-state index contributed by atoms with van der Waals surface area (Å²) in [4.78, 5) is 3.96. The van der Waals surface area contributed by atoms with Crippen molar-refractivity contribution in [3.63, 3.8) is 0 Å². The van der Waals surface area contributed by atoms with Gasteiger partial charge in [0.2, 0.25) is 0 Å². The molecule has 0 amide bonds. The molecule has 0 saturated carbocycles. The van der Waals surface area contributed by atoms with Gasteiger partial charge in [0, 0.05) is 30.1 Å². The van der Waals surface area contributed by atoms with E-state index in [-0.39, 0.29) is 11.1 Å². The molecule has 88 valence electrons. The molecule has 0 aliphatic rings. The van der Waals surface area contributed by atoms with Gasteiger partial charge in [-0.25, -0.2) is 8.78 Å². The van der Waals surface area contributed by atoms with Crippen molar-refractivity contribution in [2.45, 2.75) is 13.5 Å². The van der Waals surface area contributed by atoms with Gasteiger partial charge in [-0.1, -0.05) is 0 Å². The minimum absolute atomic E-state index is 0.205. The van der Waals surface area contributed by atoms with Crippen LogP contribution < -0.4 is 5.73 Å². The van der Waals surface area contributed by atoms with E-state index in [1.165, 1.54) is 25.3 Å². The van der Waals surface area contributed by atoms with Gasteiger partial charge in [-0.2, -0.15) is 0 Å². The maximum absolute atomic E-state index is 13.7. The summed E-state index contributed by atoms with van der Waals surface area (Å²) < 4.78 is 27.1. The molecule has 0 radical (unpaired) electrons. The molecule has 2 aromatic rings. The van der Waals surface area contributed by atoms with Crippen molar-refractivity contribution in [1.82, 2.24) is 4.98 Å². The topological polar surface area (TPSA) is 38.9 Å². The molecule has 0 aliphatic carbocycles. The zero-order valence-corrected chi connectivity index (χ0v) is 9.37. The molecule has 1 aromatic carbocycles. The lowest BCUT2D eigenvalue weighted by molar-refractivity contribution is 0.595. The summed E-state index contributed by atoms with van der Waals surface area (Å²) in [5.74, 6) is -0.889. The molecule has 0 bridgehead atoms. The van der Waals surface area contributed by atoms with Crippen LogP contribution in [0.15, 0.2) is 30.6 Å². The van der Waals surface area contributed by atoms with Crippen molar-refractivity contribution in [1.29, 1.82) is 0 Å². The van der Waals surface area contributed by atoms with Gasteiger partial charge in [-0.3, -0.25) is 4.98 Å². The predicted molar refractivity (Wildman–Crippen MR) is 62.2 cm³/mol. The van der Waals surface area contributed by atoms with Gasteiger partial charge >= 0.3 is 0 Å². The fourth-order valence-corrected chi connectivity index (χ4v) is 1.61. The zero-order chi connectivity index (χ0) is 12.4. The summed E-state index contributed by atoms with van der Waals surface area (Å²) in [6.07, 6.45) is 3.10. The first-order chi connectivity index (χ1) is 8.11. The van der Waals surface area contributed by atoms with Crippen LogP contribution >= 0.6 is 0 Å². The van der Waals surface area contributed by atoms with Gasteiger partial charge in [-0.05, 0) is 36.2 Å². The lowest BCUT2D eigenvalue weighted by atomic mass is 10.0. The van der Waals surface area contributed by atoms with Crippen LogP contribution in [0.4, 0.5) is 8.78 Å². The first-order valence-corrected chi connectivity index (χ1v) is 5.22. The molecule has 0 atom stereocenters. The lowest BCUT2D eigenvalue weighted by Gasteiger charge is -2.06. The average molecular weight is 234 g/mol. The Morgan fingerprint density at radius 1 is 1.12 bits per heavy atom. The van der Waals surface area contributed by atoms with Crippen LogP contribution in [0.25, 0.3) is 11.1 Å². The molecule has 4 heteroatoms. The summed E-state index contributed by atoms with van der Waals surface area (Å²) >= 11 is 0. The van der Waals surface area contributed by atoms with Crippen molar-refractivity contribution >= 4 is 0 Å². The van der Waals surface area contributed by atoms with Crippen LogP contribution in [0, 0.1) is 18.6 Å². The lowest BCUT2D eigenvalue weighted by Crippen LogP contribution is -1.98. The number of rotatable bonds is 2. The number of hydrogen-bond acceptors (Lipinski definition) is 2. The van der Waals surface area contributed by atoms with Crippen LogP contribution in [0.3, 0.4) is 0 Å². The second kappa shape index (κ2) is 4.59. The van der Waals surface area contributed by atoms with Gasteiger partial charge in [-0.15, -0.1) is 0 Å². The molecule has 17 heavy (non-hydrogen) atoms. The smallest absolute Gasteiger partial charge is 0.131 e. The summed E-state index contributed by atoms with van der Waals surface area (Å²) in [7, 11) is 0. The van der Waals surface area contributed by atoms with Crippen LogP contribution in [-0.2, 0) is 6.54 Å². The molecule has 0 fully saturated rings. The van der Waals surface area contributed by atoms with E-state index in [0.29, 0.717) is 12.1 Å². The molecule has 1 aromatic heterocycles. The second-order valence-electron chi connectivity index (χ2n) is 3.87. The molecular formula is C13H12F2N2. The Morgan fingerprint density at radius 2 is 1.88 bits per heavy atom. The normalized spacial score (nSPS) is 10.6. The average Bonchev–Trinajstić information content (AvgIpc) is 2.34. The number of benzene rings is 1. The fraction of sp³-hybridized carbons (Fsp3) is 0.154. The Hall–Kier alpha value is -1.81. The Kier molecular flexibility index (Phi) is 3.15. The van der Waals surface area contributed by atoms with Gasteiger partial charge < -0.3 is 5.73 Å². The van der Waals surface area contributed by atoms with Crippen molar-refractivity contribution in [2.24, 2.45) is 5.73 Å². The quantitative estimate of drug-likeness (QED) is 0.867. The maximum Gasteiger partial charge on any atom is 0.131 e. The van der Waals surface area contributed by atoms with Gasteiger partial charge in [0.05, 0.1) is 0 Å². The Morgan fingerprint density at radius 3 is 2.59 bits per heavy atom. The summed E-state index contributed by atoms with van der Waals surface area (Å²) in [5, 5.41) is 0. The highest BCUT2D eigenvalue weighted by atomic mass is 19.1. The van der Waals surface area contributed by atoms with E-state index < -0.39 is 11.6 Å². The van der Waals surface area contributed by atoms with Crippen LogP contribution in [0.1, 0.15) is 11.1 Å². The van der Waals surface area contributed by atoms with Crippen molar-refractivity contribution in [2.75, 3.05) is 0 Å². The minimum Gasteiger partial charge on any atom is -0.326 e. The van der Waals surface area contributed by atoms with E-state index in [1.54, 1.807) is 12.3 Å². The van der Waals surface area contributed by atoms with Gasteiger partial charge in [0.15, 0.2) is 0 Å². The van der Waals surface area contributed by atoms with E-state index in [2.05, 4.69) is 4.98 Å². The minimum atomic E-state index is -0.458. The van der Waals surface area contributed by atoms with Gasteiger partial charge in [0.1, 0.15) is 11.6 Å². The number of nitrogens with two attached hydrogens (primary N) is 1. The third kappa shape index (κ3) is 2.31. The highest BCUT2D eigenvalue weighted by Gasteiger charge is 2.09. The summed E-state index contributed by atoms with van der Waals surface area (Å²) in [6, 6.07) is 4.07. The van der Waals surface area contributed by atoms with Crippen molar-refractivity contribution < 1.29 is 8.78 Å². The van der Waals surface area contributed by atoms with E-state index in [4.69, 9.17) is 5.73 Å². The highest BCUT2D eigenvalue weighted by molar-refractivity contribution is 5.64. The van der Waals surface area contributed by atoms with Crippen LogP contribution in [0.5, 0.6) is 0 Å². The standard InChI is InChI=1S/C13H12F2N2/c1-8-2-13(15)11(4-12(8)14)10-3-9(5-16)6-17-7-10/h2-4,6-7H,5,16H2,1H3. The molecule has 0 unspecified atom stereocenters. The molecule has 1 heterocycles. The molecule has 0 aliphatic heterocycles. The van der Waals surface area contributed by atoms with Crippen molar-refractivity contribution in [3.05, 3.63) is 53.4 Å². The number of halogens is 2. The number of pyridine rings is 1. The first kappa shape index (κ1) is 11.7. The van der Waals surface area contributed by atoms with E-state index in [0.717, 1.165) is 5.56 Å². The number of aromatic nitrogens is 1. The van der Waals surface area contributed by atoms with E-state index in [9.17, 15) is 8.78 Å². The third-order valence-electron chi connectivity index (χ3n) is 2.59. The summed E-state index contributed by atoms with van der Waals surface area (Å²) in [5.41, 5.74) is 7.28. The first-order valence-electron chi connectivity index (χ1n) is 5.22. The summed E-state index contributed by atoms with van der Waals surface area (Å²) in [6.45, 7) is 1.84. The maximum atomic E-state index is 13.7. The largest absolute Gasteiger partial charge is 0.326 e. The Labute approximate surface area is 98.1 Å². The molecule has 0 saturated heterocycles. The number of nitrogens with zero attached hydrogens (tertiary/aromatic N) is 1. The van der Waals surface area contributed by atoms with E-state index in [1.807, 2.05) is 0 Å². The molecular weight excluding hydrogens is 222 g/mol.